The van der Waals surface area contributed by atoms with Gasteiger partial charge < -0.3 is 0 Å². The summed E-state index contributed by atoms with van der Waals surface area (Å²) in [6.45, 7) is 1.54. The normalized spacial score (nSPS) is 10.5. The van der Waals surface area contributed by atoms with Gasteiger partial charge in [0.25, 0.3) is 0 Å². The molecule has 1 rings (SSSR count). The van der Waals surface area contributed by atoms with Gasteiger partial charge in [-0.05, 0) is 23.9 Å². The molecule has 0 N–H and O–H groups in total. The summed E-state index contributed by atoms with van der Waals surface area (Å²) in [6, 6.07) is 7.93. The van der Waals surface area contributed by atoms with Gasteiger partial charge in [-0.15, -0.1) is 9.24 Å². The lowest BCUT2D eigenvalue weighted by atomic mass is 10.2. The second-order valence-corrected chi connectivity index (χ2v) is 3.28. The average Bonchev–Trinajstić information content (AvgIpc) is 2.03. The topological polar surface area (TPSA) is 17.1 Å². The molecule has 1 aromatic carbocycles. The van der Waals surface area contributed by atoms with Gasteiger partial charge in [-0.1, -0.05) is 30.3 Å². The van der Waals surface area contributed by atoms with Crippen molar-refractivity contribution in [3.63, 3.8) is 0 Å². The fourth-order valence-corrected chi connectivity index (χ4v) is 1.01. The molecule has 0 saturated heterocycles. The molecule has 1 nitrogen and oxygen atoms in total. The lowest BCUT2D eigenvalue weighted by Gasteiger charge is -1.92. The fourth-order valence-electron chi connectivity index (χ4n) is 0.821. The van der Waals surface area contributed by atoms with Crippen molar-refractivity contribution < 1.29 is 4.79 Å². The van der Waals surface area contributed by atoms with Crippen molar-refractivity contribution in [2.24, 2.45) is 0 Å². The number of hydrogen-bond donors (Lipinski definition) is 0. The maximum atomic E-state index is 10.6. The van der Waals surface area contributed by atoms with Gasteiger partial charge >= 0.3 is 0 Å². The second-order valence-electron chi connectivity index (χ2n) is 2.61. The number of carbonyl (C=O) groups excluding carboxylic acids is 1. The molecule has 0 radical (unpaired) electrons. The SMILES string of the molecule is CC(=O)/C=C/c1ccc(P)cc1. The van der Waals surface area contributed by atoms with Gasteiger partial charge in [-0.25, -0.2) is 0 Å². The molecule has 62 valence electrons. The van der Waals surface area contributed by atoms with Crippen LogP contribution in [-0.2, 0) is 4.79 Å². The van der Waals surface area contributed by atoms with Crippen molar-refractivity contribution in [2.75, 3.05) is 0 Å². The van der Waals surface area contributed by atoms with Crippen LogP contribution in [0.2, 0.25) is 0 Å². The van der Waals surface area contributed by atoms with Crippen molar-refractivity contribution in [1.82, 2.24) is 0 Å². The number of hydrogen-bond acceptors (Lipinski definition) is 1. The quantitative estimate of drug-likeness (QED) is 0.498. The average molecular weight is 178 g/mol. The van der Waals surface area contributed by atoms with Crippen LogP contribution >= 0.6 is 9.24 Å². The molecule has 0 spiro atoms. The van der Waals surface area contributed by atoms with Crippen molar-refractivity contribution in [3.05, 3.63) is 35.9 Å². The molecule has 12 heavy (non-hydrogen) atoms. The number of benzene rings is 1. The van der Waals surface area contributed by atoms with Crippen LogP contribution in [0.5, 0.6) is 0 Å². The summed E-state index contributed by atoms with van der Waals surface area (Å²) in [4.78, 5) is 10.6. The van der Waals surface area contributed by atoms with Gasteiger partial charge in [0.15, 0.2) is 5.78 Å². The van der Waals surface area contributed by atoms with E-state index < -0.39 is 0 Å². The maximum absolute atomic E-state index is 10.6. The zero-order valence-electron chi connectivity index (χ0n) is 6.95. The first kappa shape index (κ1) is 9.15. The molecule has 0 aliphatic rings. The molecule has 0 bridgehead atoms. The molecule has 0 amide bonds. The Balaban J connectivity index is 2.77. The highest BCUT2D eigenvalue weighted by Crippen LogP contribution is 2.01. The molecule has 0 aromatic heterocycles. The van der Waals surface area contributed by atoms with E-state index in [0.717, 1.165) is 10.9 Å². The smallest absolute Gasteiger partial charge is 0.152 e. The molecule has 0 aliphatic heterocycles. The summed E-state index contributed by atoms with van der Waals surface area (Å²) in [5.41, 5.74) is 1.05. The Labute approximate surface area is 74.7 Å². The summed E-state index contributed by atoms with van der Waals surface area (Å²) >= 11 is 0. The van der Waals surface area contributed by atoms with Crippen LogP contribution < -0.4 is 5.30 Å². The molecule has 1 aromatic rings. The summed E-state index contributed by atoms with van der Waals surface area (Å²) in [5.74, 6) is 0.0740. The predicted octanol–water partition coefficient (Wildman–Crippen LogP) is 1.79. The Morgan fingerprint density at radius 2 is 1.92 bits per heavy atom. The number of rotatable bonds is 2. The maximum Gasteiger partial charge on any atom is 0.152 e. The van der Waals surface area contributed by atoms with Crippen molar-refractivity contribution in [2.45, 2.75) is 6.92 Å². The van der Waals surface area contributed by atoms with Gasteiger partial charge in [0.1, 0.15) is 0 Å². The molecule has 0 fully saturated rings. The number of ketones is 1. The van der Waals surface area contributed by atoms with Gasteiger partial charge in [-0.2, -0.15) is 0 Å². The van der Waals surface area contributed by atoms with Crippen LogP contribution in [-0.4, -0.2) is 5.78 Å². The van der Waals surface area contributed by atoms with Crippen LogP contribution in [0.15, 0.2) is 30.3 Å². The molecular formula is C10H11OP. The second kappa shape index (κ2) is 4.18. The third kappa shape index (κ3) is 2.98. The zero-order chi connectivity index (χ0) is 8.97. The van der Waals surface area contributed by atoms with Gasteiger partial charge in [0, 0.05) is 0 Å². The third-order valence-electron chi connectivity index (χ3n) is 1.45. The largest absolute Gasteiger partial charge is 0.295 e. The standard InChI is InChI=1S/C10H11OP/c1-8(11)2-3-9-4-6-10(12)7-5-9/h2-7H,12H2,1H3/b3-2+. The lowest BCUT2D eigenvalue weighted by molar-refractivity contribution is -0.112. The third-order valence-corrected chi connectivity index (χ3v) is 1.83. The minimum Gasteiger partial charge on any atom is -0.295 e. The van der Waals surface area contributed by atoms with E-state index in [1.807, 2.05) is 30.3 Å². The van der Waals surface area contributed by atoms with Gasteiger partial charge in [-0.3, -0.25) is 4.79 Å². The van der Waals surface area contributed by atoms with E-state index in [1.54, 1.807) is 13.0 Å². The minimum absolute atomic E-state index is 0.0740. The molecule has 1 unspecified atom stereocenters. The highest BCUT2D eigenvalue weighted by molar-refractivity contribution is 7.27. The van der Waals surface area contributed by atoms with Crippen LogP contribution in [0.4, 0.5) is 0 Å². The Morgan fingerprint density at radius 1 is 1.33 bits per heavy atom. The number of allylic oxidation sites excluding steroid dienone is 1. The van der Waals surface area contributed by atoms with Gasteiger partial charge in [0.2, 0.25) is 0 Å². The Kier molecular flexibility index (Phi) is 3.19. The van der Waals surface area contributed by atoms with Gasteiger partial charge in [0.05, 0.1) is 0 Å². The molecular weight excluding hydrogens is 167 g/mol. The summed E-state index contributed by atoms with van der Waals surface area (Å²) in [7, 11) is 2.62. The van der Waals surface area contributed by atoms with E-state index in [-0.39, 0.29) is 5.78 Å². The predicted molar refractivity (Wildman–Crippen MR) is 55.5 cm³/mol. The first-order valence-corrected chi connectivity index (χ1v) is 4.30. The van der Waals surface area contributed by atoms with Crippen LogP contribution in [0.3, 0.4) is 0 Å². The van der Waals surface area contributed by atoms with Crippen molar-refractivity contribution >= 4 is 26.4 Å². The van der Waals surface area contributed by atoms with E-state index in [4.69, 9.17) is 0 Å². The minimum atomic E-state index is 0.0740. The summed E-state index contributed by atoms with van der Waals surface area (Å²) < 4.78 is 0. The van der Waals surface area contributed by atoms with E-state index >= 15 is 0 Å². The summed E-state index contributed by atoms with van der Waals surface area (Å²) in [5, 5.41) is 1.15. The first-order chi connectivity index (χ1) is 5.68. The number of carbonyl (C=O) groups is 1. The van der Waals surface area contributed by atoms with Crippen LogP contribution in [0.25, 0.3) is 6.08 Å². The molecule has 0 aliphatic carbocycles. The monoisotopic (exact) mass is 178 g/mol. The Hall–Kier alpha value is -0.940. The highest BCUT2D eigenvalue weighted by atomic mass is 31.0. The highest BCUT2D eigenvalue weighted by Gasteiger charge is 1.86. The van der Waals surface area contributed by atoms with E-state index in [9.17, 15) is 4.79 Å². The molecule has 0 saturated carbocycles. The Morgan fingerprint density at radius 3 is 2.42 bits per heavy atom. The lowest BCUT2D eigenvalue weighted by Crippen LogP contribution is -1.87. The van der Waals surface area contributed by atoms with Crippen LogP contribution in [0.1, 0.15) is 12.5 Å². The first-order valence-electron chi connectivity index (χ1n) is 3.72. The molecule has 2 heteroatoms. The van der Waals surface area contributed by atoms with Crippen molar-refractivity contribution in [3.8, 4) is 0 Å². The zero-order valence-corrected chi connectivity index (χ0v) is 8.10. The van der Waals surface area contributed by atoms with Crippen molar-refractivity contribution in [1.29, 1.82) is 0 Å². The van der Waals surface area contributed by atoms with E-state index in [1.165, 1.54) is 0 Å². The van der Waals surface area contributed by atoms with Crippen LogP contribution in [0, 0.1) is 0 Å². The molecule has 0 heterocycles. The van der Waals surface area contributed by atoms with E-state index in [2.05, 4.69) is 9.24 Å². The van der Waals surface area contributed by atoms with E-state index in [0.29, 0.717) is 0 Å². The molecule has 1 atom stereocenters. The Bertz CT molecular complexity index is 298. The fraction of sp³-hybridized carbons (Fsp3) is 0.100. The summed E-state index contributed by atoms with van der Waals surface area (Å²) in [6.07, 6.45) is 3.38.